The normalized spacial score (nSPS) is 17.6. The van der Waals surface area contributed by atoms with E-state index in [4.69, 9.17) is 5.11 Å². The minimum Gasteiger partial charge on any atom is -0.480 e. The Morgan fingerprint density at radius 2 is 1.96 bits per heavy atom. The van der Waals surface area contributed by atoms with Gasteiger partial charge in [0.15, 0.2) is 0 Å². The van der Waals surface area contributed by atoms with E-state index in [0.717, 1.165) is 17.0 Å². The molecule has 0 saturated carbocycles. The van der Waals surface area contributed by atoms with Crippen LogP contribution in [-0.2, 0) is 20.6 Å². The maximum atomic E-state index is 12.9. The van der Waals surface area contributed by atoms with E-state index in [2.05, 4.69) is 5.32 Å². The molecule has 1 aliphatic heterocycles. The highest BCUT2D eigenvalue weighted by Crippen LogP contribution is 2.34. The quantitative estimate of drug-likeness (QED) is 0.775. The van der Waals surface area contributed by atoms with E-state index in [1.165, 1.54) is 24.1 Å². The number of para-hydroxylation sites is 1. The number of likely N-dealkylation sites (tertiary alicyclic amines) is 1. The largest absolute Gasteiger partial charge is 0.480 e. The minimum atomic E-state index is -4.62. The van der Waals surface area contributed by atoms with Gasteiger partial charge in [-0.05, 0) is 31.5 Å². The van der Waals surface area contributed by atoms with Crippen molar-refractivity contribution in [1.82, 2.24) is 9.80 Å². The lowest BCUT2D eigenvalue weighted by atomic mass is 10.1. The summed E-state index contributed by atoms with van der Waals surface area (Å²) in [6, 6.07) is 3.81. The number of carboxylic acid groups (broad SMARTS) is 1. The SMILES string of the molecule is CN(CC(=O)Nc1ccccc1C(F)(F)F)C(=O)CN1CCCC1C(=O)O. The van der Waals surface area contributed by atoms with Crippen LogP contribution in [-0.4, -0.2) is 65.4 Å². The van der Waals surface area contributed by atoms with Gasteiger partial charge < -0.3 is 15.3 Å². The highest BCUT2D eigenvalue weighted by molar-refractivity contribution is 5.95. The Bertz CT molecular complexity index is 724. The Hall–Kier alpha value is -2.62. The Balaban J connectivity index is 1.94. The van der Waals surface area contributed by atoms with Crippen LogP contribution in [0, 0.1) is 0 Å². The number of alkyl halides is 3. The monoisotopic (exact) mass is 387 g/mol. The van der Waals surface area contributed by atoms with Crippen molar-refractivity contribution in [3.05, 3.63) is 29.8 Å². The van der Waals surface area contributed by atoms with Crippen molar-refractivity contribution in [3.63, 3.8) is 0 Å². The number of carboxylic acids is 1. The fourth-order valence-electron chi connectivity index (χ4n) is 2.92. The lowest BCUT2D eigenvalue weighted by Crippen LogP contribution is -2.45. The third kappa shape index (κ3) is 5.43. The summed E-state index contributed by atoms with van der Waals surface area (Å²) in [5, 5.41) is 11.3. The Labute approximate surface area is 153 Å². The van der Waals surface area contributed by atoms with Gasteiger partial charge in [-0.2, -0.15) is 13.2 Å². The highest BCUT2D eigenvalue weighted by atomic mass is 19.4. The number of carbonyl (C=O) groups excluding carboxylic acids is 2. The van der Waals surface area contributed by atoms with Crippen LogP contribution in [0.1, 0.15) is 18.4 Å². The van der Waals surface area contributed by atoms with Gasteiger partial charge in [0.2, 0.25) is 11.8 Å². The molecule has 27 heavy (non-hydrogen) atoms. The molecule has 0 radical (unpaired) electrons. The second-order valence-corrected chi connectivity index (χ2v) is 6.31. The van der Waals surface area contributed by atoms with E-state index in [-0.39, 0.29) is 12.2 Å². The first-order valence-corrected chi connectivity index (χ1v) is 8.26. The molecule has 0 bridgehead atoms. The molecular weight excluding hydrogens is 367 g/mol. The number of anilines is 1. The number of hydrogen-bond donors (Lipinski definition) is 2. The van der Waals surface area contributed by atoms with Crippen molar-refractivity contribution in [3.8, 4) is 0 Å². The minimum absolute atomic E-state index is 0.167. The van der Waals surface area contributed by atoms with Gasteiger partial charge in [0.1, 0.15) is 6.04 Å². The van der Waals surface area contributed by atoms with E-state index in [1.54, 1.807) is 0 Å². The number of halogens is 3. The molecule has 2 N–H and O–H groups in total. The van der Waals surface area contributed by atoms with Crippen molar-refractivity contribution < 1.29 is 32.7 Å². The molecule has 1 unspecified atom stereocenters. The number of amides is 2. The van der Waals surface area contributed by atoms with Crippen LogP contribution in [0.4, 0.5) is 18.9 Å². The predicted molar refractivity (Wildman–Crippen MR) is 89.9 cm³/mol. The second kappa shape index (κ2) is 8.38. The zero-order valence-electron chi connectivity index (χ0n) is 14.6. The molecule has 1 heterocycles. The third-order valence-corrected chi connectivity index (χ3v) is 4.30. The average Bonchev–Trinajstić information content (AvgIpc) is 3.02. The van der Waals surface area contributed by atoms with Crippen LogP contribution in [0.5, 0.6) is 0 Å². The Morgan fingerprint density at radius 3 is 2.59 bits per heavy atom. The molecule has 2 amide bonds. The highest BCUT2D eigenvalue weighted by Gasteiger charge is 2.34. The predicted octanol–water partition coefficient (Wildman–Crippen LogP) is 1.65. The first-order valence-electron chi connectivity index (χ1n) is 8.26. The van der Waals surface area contributed by atoms with Gasteiger partial charge in [0.05, 0.1) is 24.3 Å². The summed E-state index contributed by atoms with van der Waals surface area (Å²) in [4.78, 5) is 38.0. The first-order chi connectivity index (χ1) is 12.6. The van der Waals surface area contributed by atoms with Crippen LogP contribution in [0.2, 0.25) is 0 Å². The molecule has 1 aromatic rings. The average molecular weight is 387 g/mol. The van der Waals surface area contributed by atoms with E-state index < -0.39 is 42.1 Å². The number of likely N-dealkylation sites (N-methyl/N-ethyl adjacent to an activating group) is 1. The summed E-state index contributed by atoms with van der Waals surface area (Å²) >= 11 is 0. The number of carbonyl (C=O) groups is 3. The third-order valence-electron chi connectivity index (χ3n) is 4.30. The van der Waals surface area contributed by atoms with Crippen LogP contribution in [0.3, 0.4) is 0 Å². The molecule has 1 saturated heterocycles. The number of nitrogens with one attached hydrogen (secondary N) is 1. The van der Waals surface area contributed by atoms with Crippen molar-refractivity contribution >= 4 is 23.5 Å². The Kier molecular flexibility index (Phi) is 6.42. The smallest absolute Gasteiger partial charge is 0.418 e. The molecule has 2 rings (SSSR count). The maximum Gasteiger partial charge on any atom is 0.418 e. The number of nitrogens with zero attached hydrogens (tertiary/aromatic N) is 2. The van der Waals surface area contributed by atoms with E-state index >= 15 is 0 Å². The van der Waals surface area contributed by atoms with Crippen LogP contribution in [0.25, 0.3) is 0 Å². The van der Waals surface area contributed by atoms with Crippen molar-refractivity contribution in [2.24, 2.45) is 0 Å². The first kappa shape index (κ1) is 20.7. The fourth-order valence-corrected chi connectivity index (χ4v) is 2.92. The number of rotatable bonds is 6. The van der Waals surface area contributed by atoms with Gasteiger partial charge in [-0.3, -0.25) is 19.3 Å². The molecular formula is C17H20F3N3O4. The topological polar surface area (TPSA) is 90.0 Å². The van der Waals surface area contributed by atoms with Gasteiger partial charge in [-0.25, -0.2) is 0 Å². The van der Waals surface area contributed by atoms with E-state index in [0.29, 0.717) is 19.4 Å². The molecule has 0 spiro atoms. The molecule has 1 fully saturated rings. The fraction of sp³-hybridized carbons (Fsp3) is 0.471. The van der Waals surface area contributed by atoms with Crippen LogP contribution < -0.4 is 5.32 Å². The maximum absolute atomic E-state index is 12.9. The zero-order valence-corrected chi connectivity index (χ0v) is 14.6. The molecule has 7 nitrogen and oxygen atoms in total. The summed E-state index contributed by atoms with van der Waals surface area (Å²) in [6.45, 7) is -0.155. The Morgan fingerprint density at radius 1 is 1.30 bits per heavy atom. The summed E-state index contributed by atoms with van der Waals surface area (Å²) in [5.41, 5.74) is -1.37. The molecule has 10 heteroatoms. The van der Waals surface area contributed by atoms with E-state index in [1.807, 2.05) is 0 Å². The van der Waals surface area contributed by atoms with Crippen LogP contribution in [0.15, 0.2) is 24.3 Å². The van der Waals surface area contributed by atoms with Gasteiger partial charge >= 0.3 is 12.1 Å². The second-order valence-electron chi connectivity index (χ2n) is 6.31. The van der Waals surface area contributed by atoms with Gasteiger partial charge in [0.25, 0.3) is 0 Å². The van der Waals surface area contributed by atoms with Crippen molar-refractivity contribution in [2.45, 2.75) is 25.1 Å². The number of hydrogen-bond acceptors (Lipinski definition) is 4. The molecule has 1 aliphatic rings. The number of benzene rings is 1. The van der Waals surface area contributed by atoms with Gasteiger partial charge in [-0.1, -0.05) is 12.1 Å². The lowest BCUT2D eigenvalue weighted by molar-refractivity contribution is -0.144. The van der Waals surface area contributed by atoms with Gasteiger partial charge in [-0.15, -0.1) is 0 Å². The van der Waals surface area contributed by atoms with Crippen molar-refractivity contribution in [1.29, 1.82) is 0 Å². The summed E-state index contributed by atoms with van der Waals surface area (Å²) in [5.74, 6) is -2.27. The zero-order chi connectivity index (χ0) is 20.2. The van der Waals surface area contributed by atoms with Crippen LogP contribution >= 0.6 is 0 Å². The molecule has 1 aromatic carbocycles. The lowest BCUT2D eigenvalue weighted by Gasteiger charge is -2.24. The molecule has 1 atom stereocenters. The molecule has 0 aromatic heterocycles. The van der Waals surface area contributed by atoms with Gasteiger partial charge in [0, 0.05) is 7.05 Å². The summed E-state index contributed by atoms with van der Waals surface area (Å²) in [7, 11) is 1.34. The standard InChI is InChI=1S/C17H20F3N3O4/c1-22(15(25)10-23-8-4-7-13(23)16(26)27)9-14(24)21-12-6-3-2-5-11(12)17(18,19)20/h2-3,5-6,13H,4,7-10H2,1H3,(H,21,24)(H,26,27). The molecule has 148 valence electrons. The van der Waals surface area contributed by atoms with Crippen molar-refractivity contribution in [2.75, 3.05) is 32.0 Å². The molecule has 0 aliphatic carbocycles. The summed E-state index contributed by atoms with van der Waals surface area (Å²) < 4.78 is 38.8. The number of aliphatic carboxylic acids is 1. The van der Waals surface area contributed by atoms with E-state index in [9.17, 15) is 27.6 Å². The summed E-state index contributed by atoms with van der Waals surface area (Å²) in [6.07, 6.45) is -3.52.